The van der Waals surface area contributed by atoms with E-state index < -0.39 is 0 Å². The van der Waals surface area contributed by atoms with Crippen molar-refractivity contribution in [2.45, 2.75) is 51.0 Å². The summed E-state index contributed by atoms with van der Waals surface area (Å²) in [5.74, 6) is 0.996. The lowest BCUT2D eigenvalue weighted by atomic mass is 9.93. The van der Waals surface area contributed by atoms with Crippen LogP contribution in [0.5, 0.6) is 5.75 Å². The summed E-state index contributed by atoms with van der Waals surface area (Å²) in [6.45, 7) is 5.54. The number of aromatic amines is 1. The minimum absolute atomic E-state index is 0.208. The second kappa shape index (κ2) is 11.9. The average Bonchev–Trinajstić information content (AvgIpc) is 3.34. The Balaban J connectivity index is 1.14. The summed E-state index contributed by atoms with van der Waals surface area (Å²) in [6, 6.07) is 16.8. The van der Waals surface area contributed by atoms with Crippen LogP contribution in [-0.2, 0) is 11.2 Å². The Morgan fingerprint density at radius 1 is 0.972 bits per heavy atom. The molecule has 2 aromatic carbocycles. The Morgan fingerprint density at radius 3 is 2.50 bits per heavy atom. The van der Waals surface area contributed by atoms with E-state index in [9.17, 15) is 4.79 Å². The molecule has 1 saturated heterocycles. The maximum atomic E-state index is 13.7. The molecule has 1 aromatic heterocycles. The summed E-state index contributed by atoms with van der Waals surface area (Å²) in [7, 11) is 1.69. The Bertz CT molecular complexity index is 1130. The third kappa shape index (κ3) is 5.76. The number of piperazine rings is 1. The fourth-order valence-corrected chi connectivity index (χ4v) is 5.97. The number of nitrogens with one attached hydrogen (secondary N) is 1. The first-order valence-electron chi connectivity index (χ1n) is 13.7. The molecule has 1 aliphatic carbocycles. The number of para-hydroxylation sites is 3. The number of H-pyrrole nitrogens is 1. The van der Waals surface area contributed by atoms with Gasteiger partial charge in [-0.1, -0.05) is 49.6 Å². The molecule has 5 rings (SSSR count). The lowest BCUT2D eigenvalue weighted by Gasteiger charge is -2.38. The minimum atomic E-state index is 0.208. The van der Waals surface area contributed by atoms with Gasteiger partial charge >= 0.3 is 0 Å². The van der Waals surface area contributed by atoms with Gasteiger partial charge in [-0.25, -0.2) is 0 Å². The lowest BCUT2D eigenvalue weighted by molar-refractivity contribution is -0.120. The molecule has 0 radical (unpaired) electrons. The van der Waals surface area contributed by atoms with Crippen LogP contribution >= 0.6 is 0 Å². The third-order valence-corrected chi connectivity index (χ3v) is 7.97. The van der Waals surface area contributed by atoms with Crippen LogP contribution in [0.25, 0.3) is 10.9 Å². The van der Waals surface area contributed by atoms with Crippen LogP contribution in [-0.4, -0.2) is 73.1 Å². The standard InChI is InChI=1S/C30H40N4O2/c1-36-29-16-8-7-15-28(29)34(25-11-3-2-4-12-25)30(35)23-33-20-18-32(19-21-33)17-9-10-24-22-31-27-14-6-5-13-26(24)27/h5-8,13-16,22,25,31H,2-4,9-12,17-21,23H2,1H3. The molecule has 6 nitrogen and oxygen atoms in total. The Hall–Kier alpha value is -2.83. The number of hydrogen-bond acceptors (Lipinski definition) is 4. The molecule has 0 atom stereocenters. The van der Waals surface area contributed by atoms with E-state index in [1.165, 1.54) is 35.7 Å². The molecule has 3 aromatic rings. The molecule has 2 fully saturated rings. The number of methoxy groups -OCH3 is 1. The van der Waals surface area contributed by atoms with Gasteiger partial charge in [0.1, 0.15) is 5.75 Å². The zero-order valence-corrected chi connectivity index (χ0v) is 21.6. The molecule has 36 heavy (non-hydrogen) atoms. The number of anilines is 1. The van der Waals surface area contributed by atoms with Gasteiger partial charge in [0, 0.05) is 49.3 Å². The number of aryl methyl sites for hydroxylation is 1. The fourth-order valence-electron chi connectivity index (χ4n) is 5.97. The monoisotopic (exact) mass is 488 g/mol. The zero-order valence-electron chi connectivity index (χ0n) is 21.6. The number of carbonyl (C=O) groups is 1. The molecule has 192 valence electrons. The number of nitrogens with zero attached hydrogens (tertiary/aromatic N) is 3. The van der Waals surface area contributed by atoms with Crippen molar-refractivity contribution >= 4 is 22.5 Å². The van der Waals surface area contributed by atoms with E-state index in [2.05, 4.69) is 50.1 Å². The summed E-state index contributed by atoms with van der Waals surface area (Å²) in [5.41, 5.74) is 3.56. The summed E-state index contributed by atoms with van der Waals surface area (Å²) < 4.78 is 5.64. The number of aromatic nitrogens is 1. The first-order valence-corrected chi connectivity index (χ1v) is 13.7. The maximum absolute atomic E-state index is 13.7. The SMILES string of the molecule is COc1ccccc1N(C(=O)CN1CCN(CCCc2c[nH]c3ccccc23)CC1)C1CCCCC1. The highest BCUT2D eigenvalue weighted by molar-refractivity contribution is 5.96. The Kier molecular flexibility index (Phi) is 8.24. The third-order valence-electron chi connectivity index (χ3n) is 7.97. The number of rotatable bonds is 9. The van der Waals surface area contributed by atoms with Gasteiger partial charge in [0.15, 0.2) is 0 Å². The molecule has 0 unspecified atom stereocenters. The second-order valence-corrected chi connectivity index (χ2v) is 10.3. The quantitative estimate of drug-likeness (QED) is 0.456. The van der Waals surface area contributed by atoms with Gasteiger partial charge in [-0.2, -0.15) is 0 Å². The Morgan fingerprint density at radius 2 is 1.69 bits per heavy atom. The molecular formula is C30H40N4O2. The van der Waals surface area contributed by atoms with Gasteiger partial charge in [-0.15, -0.1) is 0 Å². The van der Waals surface area contributed by atoms with Crippen LogP contribution < -0.4 is 9.64 Å². The molecule has 6 heteroatoms. The minimum Gasteiger partial charge on any atom is -0.495 e. The predicted molar refractivity (Wildman–Crippen MR) is 147 cm³/mol. The number of ether oxygens (including phenoxy) is 1. The molecule has 1 N–H and O–H groups in total. The van der Waals surface area contributed by atoms with E-state index >= 15 is 0 Å². The van der Waals surface area contributed by atoms with Crippen molar-refractivity contribution in [1.29, 1.82) is 0 Å². The van der Waals surface area contributed by atoms with E-state index in [1.54, 1.807) is 7.11 Å². The normalized spacial score (nSPS) is 17.9. The smallest absolute Gasteiger partial charge is 0.241 e. The second-order valence-electron chi connectivity index (χ2n) is 10.3. The van der Waals surface area contributed by atoms with Crippen LogP contribution in [0.4, 0.5) is 5.69 Å². The molecule has 1 aliphatic heterocycles. The van der Waals surface area contributed by atoms with Gasteiger partial charge in [-0.05, 0) is 56.0 Å². The van der Waals surface area contributed by atoms with Crippen LogP contribution in [0, 0.1) is 0 Å². The van der Waals surface area contributed by atoms with E-state index in [-0.39, 0.29) is 11.9 Å². The molecular weight excluding hydrogens is 448 g/mol. The summed E-state index contributed by atoms with van der Waals surface area (Å²) in [4.78, 5) is 24.0. The highest BCUT2D eigenvalue weighted by Gasteiger charge is 2.30. The molecule has 0 bridgehead atoms. The molecule has 2 heterocycles. The number of carbonyl (C=O) groups excluding carboxylic acids is 1. The van der Waals surface area contributed by atoms with Crippen LogP contribution in [0.1, 0.15) is 44.1 Å². The average molecular weight is 489 g/mol. The van der Waals surface area contributed by atoms with Crippen molar-refractivity contribution in [3.05, 3.63) is 60.3 Å². The van der Waals surface area contributed by atoms with Crippen molar-refractivity contribution in [1.82, 2.24) is 14.8 Å². The topological polar surface area (TPSA) is 51.8 Å². The zero-order chi connectivity index (χ0) is 24.7. The van der Waals surface area contributed by atoms with Crippen LogP contribution in [0.2, 0.25) is 0 Å². The van der Waals surface area contributed by atoms with Crippen molar-refractivity contribution in [2.24, 2.45) is 0 Å². The molecule has 1 amide bonds. The van der Waals surface area contributed by atoms with E-state index in [4.69, 9.17) is 4.74 Å². The summed E-state index contributed by atoms with van der Waals surface area (Å²) >= 11 is 0. The van der Waals surface area contributed by atoms with Crippen LogP contribution in [0.15, 0.2) is 54.7 Å². The Labute approximate surface area is 215 Å². The largest absolute Gasteiger partial charge is 0.495 e. The predicted octanol–water partition coefficient (Wildman–Crippen LogP) is 5.09. The first-order chi connectivity index (χ1) is 17.7. The molecule has 2 aliphatic rings. The van der Waals surface area contributed by atoms with E-state index in [0.29, 0.717) is 6.54 Å². The van der Waals surface area contributed by atoms with Gasteiger partial charge in [0.25, 0.3) is 0 Å². The highest BCUT2D eigenvalue weighted by atomic mass is 16.5. The van der Waals surface area contributed by atoms with E-state index in [1.807, 2.05) is 24.3 Å². The van der Waals surface area contributed by atoms with Crippen molar-refractivity contribution in [2.75, 3.05) is 51.3 Å². The lowest BCUT2D eigenvalue weighted by Crippen LogP contribution is -2.52. The summed E-state index contributed by atoms with van der Waals surface area (Å²) in [5, 5.41) is 1.35. The summed E-state index contributed by atoms with van der Waals surface area (Å²) in [6.07, 6.45) is 10.2. The van der Waals surface area contributed by atoms with Gasteiger partial charge in [-0.3, -0.25) is 9.69 Å². The molecule has 0 spiro atoms. The van der Waals surface area contributed by atoms with Crippen LogP contribution in [0.3, 0.4) is 0 Å². The van der Waals surface area contributed by atoms with Crippen molar-refractivity contribution in [3.8, 4) is 5.75 Å². The van der Waals surface area contributed by atoms with Crippen molar-refractivity contribution in [3.63, 3.8) is 0 Å². The van der Waals surface area contributed by atoms with E-state index in [0.717, 1.165) is 69.8 Å². The highest BCUT2D eigenvalue weighted by Crippen LogP contribution is 2.34. The first kappa shape index (κ1) is 24.8. The van der Waals surface area contributed by atoms with Gasteiger partial charge < -0.3 is 19.5 Å². The number of amides is 1. The number of hydrogen-bond donors (Lipinski definition) is 1. The van der Waals surface area contributed by atoms with Gasteiger partial charge in [0.2, 0.25) is 5.91 Å². The van der Waals surface area contributed by atoms with Crippen molar-refractivity contribution < 1.29 is 9.53 Å². The number of fused-ring (bicyclic) bond motifs is 1. The van der Waals surface area contributed by atoms with Gasteiger partial charge in [0.05, 0.1) is 19.3 Å². The number of benzene rings is 2. The fraction of sp³-hybridized carbons (Fsp3) is 0.500. The molecule has 1 saturated carbocycles. The maximum Gasteiger partial charge on any atom is 0.241 e.